The van der Waals surface area contributed by atoms with Crippen molar-refractivity contribution in [1.82, 2.24) is 14.9 Å². The average Bonchev–Trinajstić information content (AvgIpc) is 3.31. The lowest BCUT2D eigenvalue weighted by molar-refractivity contribution is -0.151. The number of aromatic amines is 1. The van der Waals surface area contributed by atoms with Crippen molar-refractivity contribution in [2.75, 3.05) is 31.5 Å². The Balaban J connectivity index is 1.13. The van der Waals surface area contributed by atoms with E-state index in [1.165, 1.54) is 35.2 Å². The molecular formula is C27H31FN4O4. The van der Waals surface area contributed by atoms with Crippen LogP contribution >= 0.6 is 0 Å². The Kier molecular flexibility index (Phi) is 7.20. The number of carbonyl (C=O) groups excluding carboxylic acids is 1. The van der Waals surface area contributed by atoms with E-state index in [-0.39, 0.29) is 11.7 Å². The van der Waals surface area contributed by atoms with Crippen molar-refractivity contribution in [3.05, 3.63) is 66.1 Å². The third-order valence-corrected chi connectivity index (χ3v) is 7.48. The molecule has 0 aliphatic carbocycles. The Bertz CT molecular complexity index is 1200. The van der Waals surface area contributed by atoms with Crippen molar-refractivity contribution in [3.8, 4) is 0 Å². The van der Waals surface area contributed by atoms with E-state index in [0.717, 1.165) is 31.4 Å². The molecule has 3 N–H and O–H groups in total. The first-order valence-electron chi connectivity index (χ1n) is 12.5. The minimum atomic E-state index is -0.783. The van der Waals surface area contributed by atoms with Crippen LogP contribution in [0.4, 0.5) is 14.9 Å². The van der Waals surface area contributed by atoms with Crippen molar-refractivity contribution < 1.29 is 23.9 Å². The Morgan fingerprint density at radius 3 is 2.39 bits per heavy atom. The number of carbonyl (C=O) groups is 2. The van der Waals surface area contributed by atoms with Crippen LogP contribution in [0.1, 0.15) is 37.2 Å². The number of hydrogen-bond acceptors (Lipinski definition) is 5. The summed E-state index contributed by atoms with van der Waals surface area (Å²) in [4.78, 5) is 35.3. The average molecular weight is 495 g/mol. The van der Waals surface area contributed by atoms with E-state index in [2.05, 4.69) is 39.6 Å². The van der Waals surface area contributed by atoms with Crippen LogP contribution in [0.25, 0.3) is 10.9 Å². The molecule has 1 amide bonds. The number of aliphatic carboxylic acids is 1. The summed E-state index contributed by atoms with van der Waals surface area (Å²) in [6.45, 7) is 2.43. The van der Waals surface area contributed by atoms with Gasteiger partial charge >= 0.3 is 12.1 Å². The lowest BCUT2D eigenvalue weighted by Gasteiger charge is -2.41. The van der Waals surface area contributed by atoms with Crippen molar-refractivity contribution in [2.24, 2.45) is 5.92 Å². The van der Waals surface area contributed by atoms with Crippen molar-refractivity contribution in [1.29, 1.82) is 0 Å². The fraction of sp³-hybridized carbons (Fsp3) is 0.407. The number of fused-ring (bicyclic) bond motifs is 1. The second-order valence-electron chi connectivity index (χ2n) is 9.66. The number of benzene rings is 2. The molecule has 2 saturated heterocycles. The number of rotatable bonds is 6. The number of amides is 1. The highest BCUT2D eigenvalue weighted by atomic mass is 19.1. The van der Waals surface area contributed by atoms with E-state index in [4.69, 9.17) is 4.84 Å². The van der Waals surface area contributed by atoms with Gasteiger partial charge in [0, 0.05) is 35.9 Å². The summed E-state index contributed by atoms with van der Waals surface area (Å²) >= 11 is 0. The van der Waals surface area contributed by atoms with Gasteiger partial charge in [0.1, 0.15) is 11.9 Å². The fourth-order valence-electron chi connectivity index (χ4n) is 5.65. The highest BCUT2D eigenvalue weighted by Gasteiger charge is 2.38. The van der Waals surface area contributed by atoms with E-state index in [9.17, 15) is 19.1 Å². The van der Waals surface area contributed by atoms with Crippen LogP contribution in [0.5, 0.6) is 0 Å². The Morgan fingerprint density at radius 2 is 1.69 bits per heavy atom. The summed E-state index contributed by atoms with van der Waals surface area (Å²) in [5.41, 5.74) is 2.90. The zero-order chi connectivity index (χ0) is 25.1. The first-order valence-corrected chi connectivity index (χ1v) is 12.5. The number of carboxylic acid groups (broad SMARTS) is 1. The topological polar surface area (TPSA) is 97.9 Å². The lowest BCUT2D eigenvalue weighted by atomic mass is 9.85. The minimum absolute atomic E-state index is 0.00727. The molecule has 0 spiro atoms. The van der Waals surface area contributed by atoms with Gasteiger partial charge in [-0.2, -0.15) is 0 Å². The van der Waals surface area contributed by atoms with Crippen LogP contribution in [0.3, 0.4) is 0 Å². The van der Waals surface area contributed by atoms with Crippen molar-refractivity contribution >= 4 is 28.7 Å². The summed E-state index contributed by atoms with van der Waals surface area (Å²) in [7, 11) is 0. The van der Waals surface area contributed by atoms with Gasteiger partial charge in [0.25, 0.3) is 0 Å². The van der Waals surface area contributed by atoms with Gasteiger partial charge in [-0.15, -0.1) is 5.06 Å². The number of hydroxylamine groups is 2. The zero-order valence-electron chi connectivity index (χ0n) is 20.0. The summed E-state index contributed by atoms with van der Waals surface area (Å²) in [6.07, 6.45) is 4.57. The first-order chi connectivity index (χ1) is 17.5. The molecule has 0 saturated carbocycles. The molecule has 0 bridgehead atoms. The molecule has 2 aliphatic heterocycles. The number of H-pyrrole nitrogens is 1. The second kappa shape index (κ2) is 10.7. The Labute approximate surface area is 209 Å². The number of nitrogens with zero attached hydrogens (tertiary/aromatic N) is 2. The molecule has 1 atom stereocenters. The molecule has 2 aromatic carbocycles. The number of likely N-dealkylation sites (tertiary alicyclic amines) is 1. The van der Waals surface area contributed by atoms with Gasteiger partial charge in [-0.25, -0.2) is 9.18 Å². The Morgan fingerprint density at radius 1 is 1.00 bits per heavy atom. The largest absolute Gasteiger partial charge is 0.480 e. The molecule has 8 nitrogen and oxygen atoms in total. The van der Waals surface area contributed by atoms with Gasteiger partial charge in [-0.3, -0.25) is 15.0 Å². The zero-order valence-corrected chi connectivity index (χ0v) is 20.0. The van der Waals surface area contributed by atoms with Crippen molar-refractivity contribution in [3.63, 3.8) is 0 Å². The van der Waals surface area contributed by atoms with Crippen LogP contribution in [0.15, 0.2) is 54.7 Å². The van der Waals surface area contributed by atoms with Gasteiger partial charge in [0.15, 0.2) is 0 Å². The third kappa shape index (κ3) is 5.37. The summed E-state index contributed by atoms with van der Waals surface area (Å²) in [5.74, 6) is -0.756. The minimum Gasteiger partial charge on any atom is -0.480 e. The molecule has 0 radical (unpaired) electrons. The molecule has 2 fully saturated rings. The van der Waals surface area contributed by atoms with Crippen molar-refractivity contribution in [2.45, 2.75) is 37.6 Å². The maximum Gasteiger partial charge on any atom is 0.430 e. The number of para-hydroxylation sites is 1. The van der Waals surface area contributed by atoms with Gasteiger partial charge in [0.2, 0.25) is 0 Å². The molecule has 36 heavy (non-hydrogen) atoms. The van der Waals surface area contributed by atoms with Gasteiger partial charge < -0.3 is 14.9 Å². The molecule has 3 heterocycles. The standard InChI is InChI=1S/C27H31FN4O4/c28-20-5-7-21(8-6-20)30-27(35)36-32-15-11-19(12-16-32)25(26(33)34)31-13-9-18(10-14-31)23-17-29-24-4-2-1-3-22(23)24/h1-8,17-19,25,29H,9-16H2,(H,30,35)(H,33,34). The summed E-state index contributed by atoms with van der Waals surface area (Å²) in [5, 5.41) is 15.5. The number of anilines is 1. The number of nitrogens with one attached hydrogen (secondary N) is 2. The van der Waals surface area contributed by atoms with E-state index >= 15 is 0 Å². The highest BCUT2D eigenvalue weighted by Crippen LogP contribution is 2.35. The van der Waals surface area contributed by atoms with Crippen LogP contribution < -0.4 is 5.32 Å². The number of carboxylic acids is 1. The molecule has 2 aliphatic rings. The monoisotopic (exact) mass is 494 g/mol. The number of aromatic nitrogens is 1. The first kappa shape index (κ1) is 24.3. The molecular weight excluding hydrogens is 463 g/mol. The van der Waals surface area contributed by atoms with E-state index < -0.39 is 18.1 Å². The molecule has 1 unspecified atom stereocenters. The summed E-state index contributed by atoms with van der Waals surface area (Å²) in [6, 6.07) is 13.2. The SMILES string of the molecule is O=C(Nc1ccc(F)cc1)ON1CCC(C(C(=O)O)N2CCC(c3c[nH]c4ccccc34)CC2)CC1. The summed E-state index contributed by atoms with van der Waals surface area (Å²) < 4.78 is 13.0. The van der Waals surface area contributed by atoms with Crippen LogP contribution in [-0.4, -0.2) is 64.3 Å². The molecule has 190 valence electrons. The Hall–Kier alpha value is -3.43. The second-order valence-corrected chi connectivity index (χ2v) is 9.66. The predicted molar refractivity (Wildman–Crippen MR) is 134 cm³/mol. The van der Waals surface area contributed by atoms with Gasteiger partial charge in [0.05, 0.1) is 0 Å². The van der Waals surface area contributed by atoms with Crippen LogP contribution in [0, 0.1) is 11.7 Å². The van der Waals surface area contributed by atoms with E-state index in [1.54, 1.807) is 5.06 Å². The molecule has 5 rings (SSSR count). The maximum absolute atomic E-state index is 13.0. The normalized spacial score (nSPS) is 19.2. The smallest absolute Gasteiger partial charge is 0.430 e. The van der Waals surface area contributed by atoms with Gasteiger partial charge in [-0.1, -0.05) is 18.2 Å². The number of halogens is 1. The molecule has 9 heteroatoms. The number of hydrogen-bond donors (Lipinski definition) is 3. The third-order valence-electron chi connectivity index (χ3n) is 7.48. The van der Waals surface area contributed by atoms with Crippen LogP contribution in [-0.2, 0) is 9.63 Å². The van der Waals surface area contributed by atoms with Crippen LogP contribution in [0.2, 0.25) is 0 Å². The lowest BCUT2D eigenvalue weighted by Crippen LogP contribution is -2.52. The van der Waals surface area contributed by atoms with E-state index in [1.807, 2.05) is 6.07 Å². The quantitative estimate of drug-likeness (QED) is 0.455. The van der Waals surface area contributed by atoms with E-state index in [0.29, 0.717) is 37.5 Å². The highest BCUT2D eigenvalue weighted by molar-refractivity contribution is 5.84. The maximum atomic E-state index is 13.0. The predicted octanol–water partition coefficient (Wildman–Crippen LogP) is 4.82. The number of piperidine rings is 2. The fourth-order valence-corrected chi connectivity index (χ4v) is 5.65. The van der Waals surface area contributed by atoms with Gasteiger partial charge in [-0.05, 0) is 86.5 Å². The molecule has 3 aromatic rings. The molecule has 1 aromatic heterocycles.